The molecule has 2 rings (SSSR count). The summed E-state index contributed by atoms with van der Waals surface area (Å²) in [4.78, 5) is 7.96. The van der Waals surface area contributed by atoms with Crippen LogP contribution in [0.15, 0.2) is 12.5 Å². The Morgan fingerprint density at radius 2 is 2.25 bits per heavy atom. The van der Waals surface area contributed by atoms with Gasteiger partial charge in [-0.3, -0.25) is 0 Å². The molecule has 2 unspecified atom stereocenters. The van der Waals surface area contributed by atoms with Crippen LogP contribution in [0.3, 0.4) is 0 Å². The van der Waals surface area contributed by atoms with Gasteiger partial charge in [0, 0.05) is 6.54 Å². The van der Waals surface area contributed by atoms with Crippen LogP contribution in [-0.2, 0) is 0 Å². The van der Waals surface area contributed by atoms with Crippen molar-refractivity contribution >= 4 is 17.4 Å². The van der Waals surface area contributed by atoms with E-state index in [1.165, 1.54) is 25.6 Å². The second-order valence-corrected chi connectivity index (χ2v) is 4.69. The van der Waals surface area contributed by atoms with Gasteiger partial charge in [-0.2, -0.15) is 0 Å². The van der Waals surface area contributed by atoms with Gasteiger partial charge in [0.25, 0.3) is 0 Å². The van der Waals surface area contributed by atoms with Gasteiger partial charge in [0.1, 0.15) is 17.2 Å². The first-order chi connectivity index (χ1) is 7.81. The molecule has 16 heavy (non-hydrogen) atoms. The Balaban J connectivity index is 1.90. The van der Waals surface area contributed by atoms with Crippen molar-refractivity contribution in [3.63, 3.8) is 0 Å². The highest BCUT2D eigenvalue weighted by Gasteiger charge is 2.25. The van der Waals surface area contributed by atoms with Crippen LogP contribution in [0.5, 0.6) is 0 Å². The van der Waals surface area contributed by atoms with Gasteiger partial charge in [-0.05, 0) is 31.2 Å². The van der Waals surface area contributed by atoms with Crippen LogP contribution in [0.2, 0.25) is 5.02 Å². The maximum Gasteiger partial charge on any atom is 0.148 e. The van der Waals surface area contributed by atoms with Crippen LogP contribution < -0.4 is 11.1 Å². The summed E-state index contributed by atoms with van der Waals surface area (Å²) < 4.78 is 0. The first-order valence-corrected chi connectivity index (χ1v) is 6.08. The van der Waals surface area contributed by atoms with Crippen molar-refractivity contribution in [1.29, 1.82) is 0 Å². The Bertz CT molecular complexity index is 345. The molecule has 3 N–H and O–H groups in total. The third-order valence-electron chi connectivity index (χ3n) is 3.32. The number of nitrogens with zero attached hydrogens (tertiary/aromatic N) is 2. The number of halogens is 1. The Labute approximate surface area is 101 Å². The van der Waals surface area contributed by atoms with E-state index in [4.69, 9.17) is 17.3 Å². The maximum absolute atomic E-state index is 5.97. The van der Waals surface area contributed by atoms with Gasteiger partial charge in [0.05, 0.1) is 6.20 Å². The molecule has 1 aliphatic rings. The van der Waals surface area contributed by atoms with Gasteiger partial charge in [-0.1, -0.05) is 18.0 Å². The van der Waals surface area contributed by atoms with Gasteiger partial charge in [0.15, 0.2) is 0 Å². The average Bonchev–Trinajstić information content (AvgIpc) is 2.75. The summed E-state index contributed by atoms with van der Waals surface area (Å²) >= 11 is 5.97. The number of anilines is 1. The Hall–Kier alpha value is -0.870. The third kappa shape index (κ3) is 2.62. The summed E-state index contributed by atoms with van der Waals surface area (Å²) in [5.74, 6) is 2.02. The molecule has 0 aromatic carbocycles. The maximum atomic E-state index is 5.97. The molecule has 0 bridgehead atoms. The quantitative estimate of drug-likeness (QED) is 0.844. The molecule has 5 heteroatoms. The molecule has 1 fully saturated rings. The number of nitrogens with two attached hydrogens (primary N) is 1. The highest BCUT2D eigenvalue weighted by molar-refractivity contribution is 6.32. The molecule has 0 amide bonds. The molecule has 0 saturated heterocycles. The second kappa shape index (κ2) is 5.46. The number of rotatable bonds is 4. The van der Waals surface area contributed by atoms with E-state index in [9.17, 15) is 0 Å². The van der Waals surface area contributed by atoms with E-state index in [1.807, 2.05) is 0 Å². The fourth-order valence-corrected chi connectivity index (χ4v) is 2.54. The molecular formula is C11H17ClN4. The van der Waals surface area contributed by atoms with Crippen molar-refractivity contribution in [1.82, 2.24) is 9.97 Å². The van der Waals surface area contributed by atoms with Crippen molar-refractivity contribution in [3.05, 3.63) is 17.5 Å². The molecule has 2 atom stereocenters. The van der Waals surface area contributed by atoms with Gasteiger partial charge >= 0.3 is 0 Å². The lowest BCUT2D eigenvalue weighted by Crippen LogP contribution is -2.24. The number of nitrogens with one attached hydrogen (secondary N) is 1. The van der Waals surface area contributed by atoms with E-state index in [0.717, 1.165) is 18.9 Å². The van der Waals surface area contributed by atoms with Crippen LogP contribution in [0.4, 0.5) is 5.82 Å². The van der Waals surface area contributed by atoms with Crippen molar-refractivity contribution < 1.29 is 0 Å². The lowest BCUT2D eigenvalue weighted by atomic mass is 9.96. The predicted octanol–water partition coefficient (Wildman–Crippen LogP) is 1.92. The first-order valence-electron chi connectivity index (χ1n) is 5.70. The molecule has 0 aliphatic heterocycles. The largest absolute Gasteiger partial charge is 0.368 e. The van der Waals surface area contributed by atoms with Gasteiger partial charge in [-0.15, -0.1) is 0 Å². The van der Waals surface area contributed by atoms with Gasteiger partial charge < -0.3 is 11.1 Å². The van der Waals surface area contributed by atoms with Crippen molar-refractivity contribution in [3.8, 4) is 0 Å². The molecule has 4 nitrogen and oxygen atoms in total. The van der Waals surface area contributed by atoms with Crippen LogP contribution in [0.1, 0.15) is 19.3 Å². The molecular weight excluding hydrogens is 224 g/mol. The SMILES string of the molecule is NCC1CCCC1CNc1ncncc1Cl. The highest BCUT2D eigenvalue weighted by atomic mass is 35.5. The molecule has 0 spiro atoms. The molecule has 1 aromatic rings. The van der Waals surface area contributed by atoms with Crippen molar-refractivity contribution in [2.75, 3.05) is 18.4 Å². The molecule has 1 heterocycles. The zero-order valence-corrected chi connectivity index (χ0v) is 9.95. The third-order valence-corrected chi connectivity index (χ3v) is 3.60. The monoisotopic (exact) mass is 240 g/mol. The molecule has 1 saturated carbocycles. The predicted molar refractivity (Wildman–Crippen MR) is 65.4 cm³/mol. The van der Waals surface area contributed by atoms with Crippen LogP contribution >= 0.6 is 11.6 Å². The molecule has 88 valence electrons. The number of hydrogen-bond acceptors (Lipinski definition) is 4. The minimum Gasteiger partial charge on any atom is -0.368 e. The average molecular weight is 241 g/mol. The summed E-state index contributed by atoms with van der Waals surface area (Å²) in [7, 11) is 0. The van der Waals surface area contributed by atoms with E-state index in [0.29, 0.717) is 16.9 Å². The van der Waals surface area contributed by atoms with E-state index in [2.05, 4.69) is 15.3 Å². The molecule has 1 aromatic heterocycles. The summed E-state index contributed by atoms with van der Waals surface area (Å²) in [6, 6.07) is 0. The minimum atomic E-state index is 0.574. The number of hydrogen-bond donors (Lipinski definition) is 2. The van der Waals surface area contributed by atoms with Gasteiger partial charge in [0.2, 0.25) is 0 Å². The topological polar surface area (TPSA) is 63.8 Å². The van der Waals surface area contributed by atoms with E-state index >= 15 is 0 Å². The fraction of sp³-hybridized carbons (Fsp3) is 0.636. The first kappa shape index (κ1) is 11.6. The zero-order valence-electron chi connectivity index (χ0n) is 9.19. The van der Waals surface area contributed by atoms with Crippen LogP contribution in [-0.4, -0.2) is 23.1 Å². The molecule has 0 radical (unpaired) electrons. The number of aromatic nitrogens is 2. The minimum absolute atomic E-state index is 0.574. The summed E-state index contributed by atoms with van der Waals surface area (Å²) in [5.41, 5.74) is 5.74. The van der Waals surface area contributed by atoms with Gasteiger partial charge in [-0.25, -0.2) is 9.97 Å². The standard InChI is InChI=1S/C11H17ClN4/c12-10-6-14-7-16-11(10)15-5-9-3-1-2-8(9)4-13/h6-9H,1-5,13H2,(H,14,15,16). The normalized spacial score (nSPS) is 24.6. The van der Waals surface area contributed by atoms with E-state index < -0.39 is 0 Å². The van der Waals surface area contributed by atoms with Crippen LogP contribution in [0.25, 0.3) is 0 Å². The summed E-state index contributed by atoms with van der Waals surface area (Å²) in [6.45, 7) is 1.68. The Kier molecular flexibility index (Phi) is 3.96. The Morgan fingerprint density at radius 3 is 3.00 bits per heavy atom. The summed E-state index contributed by atoms with van der Waals surface area (Å²) in [5, 5.41) is 3.85. The van der Waals surface area contributed by atoms with E-state index in [-0.39, 0.29) is 0 Å². The van der Waals surface area contributed by atoms with Crippen LogP contribution in [0, 0.1) is 11.8 Å². The fourth-order valence-electron chi connectivity index (χ4n) is 2.36. The van der Waals surface area contributed by atoms with Crippen molar-refractivity contribution in [2.45, 2.75) is 19.3 Å². The smallest absolute Gasteiger partial charge is 0.148 e. The Morgan fingerprint density at radius 1 is 1.44 bits per heavy atom. The zero-order chi connectivity index (χ0) is 11.4. The lowest BCUT2D eigenvalue weighted by Gasteiger charge is -2.18. The molecule has 1 aliphatic carbocycles. The van der Waals surface area contributed by atoms with Crippen molar-refractivity contribution in [2.24, 2.45) is 17.6 Å². The second-order valence-electron chi connectivity index (χ2n) is 4.29. The lowest BCUT2D eigenvalue weighted by molar-refractivity contribution is 0.414. The van der Waals surface area contributed by atoms with E-state index in [1.54, 1.807) is 6.20 Å². The highest BCUT2D eigenvalue weighted by Crippen LogP contribution is 2.31. The summed E-state index contributed by atoms with van der Waals surface area (Å²) in [6.07, 6.45) is 6.89.